The fraction of sp³-hybridized carbons (Fsp3) is 0.700. The quantitative estimate of drug-likeness (QED) is 0.676. The van der Waals surface area contributed by atoms with Gasteiger partial charge in [0.1, 0.15) is 11.7 Å². The fourth-order valence-electron chi connectivity index (χ4n) is 1.50. The lowest BCUT2D eigenvalue weighted by Crippen LogP contribution is -2.19. The van der Waals surface area contributed by atoms with Crippen molar-refractivity contribution in [1.82, 2.24) is 0 Å². The number of esters is 1. The lowest BCUT2D eigenvalue weighted by atomic mass is 10.1. The van der Waals surface area contributed by atoms with E-state index >= 15 is 0 Å². The molecule has 0 spiro atoms. The summed E-state index contributed by atoms with van der Waals surface area (Å²) in [5, 5.41) is 0. The Morgan fingerprint density at radius 3 is 2.57 bits per heavy atom. The van der Waals surface area contributed by atoms with Crippen molar-refractivity contribution >= 4 is 17.7 Å². The average molecular weight is 216 g/mol. The van der Waals surface area contributed by atoms with Crippen LogP contribution in [0.4, 0.5) is 0 Å². The summed E-state index contributed by atoms with van der Waals surface area (Å²) in [4.78, 5) is 12.6. The van der Waals surface area contributed by atoms with Crippen molar-refractivity contribution in [2.24, 2.45) is 11.8 Å². The molecule has 3 nitrogen and oxygen atoms in total. The zero-order chi connectivity index (χ0) is 10.7. The first kappa shape index (κ1) is 11.4. The van der Waals surface area contributed by atoms with E-state index in [0.29, 0.717) is 5.92 Å². The second-order valence-corrected chi connectivity index (χ2v) is 4.54. The molecule has 0 N–H and O–H groups in total. The lowest BCUT2D eigenvalue weighted by Gasteiger charge is -2.12. The van der Waals surface area contributed by atoms with Crippen LogP contribution in [0, 0.1) is 11.8 Å². The van der Waals surface area contributed by atoms with Crippen molar-refractivity contribution < 1.29 is 14.3 Å². The molecule has 1 atom stereocenters. The molecule has 1 aliphatic heterocycles. The Bertz CT molecular complexity index is 258. The van der Waals surface area contributed by atoms with Gasteiger partial charge in [0.05, 0.1) is 14.2 Å². The van der Waals surface area contributed by atoms with Crippen molar-refractivity contribution in [2.75, 3.05) is 20.0 Å². The second kappa shape index (κ2) is 4.73. The monoisotopic (exact) mass is 216 g/mol. The van der Waals surface area contributed by atoms with Crippen LogP contribution in [0.15, 0.2) is 10.7 Å². The first-order valence-electron chi connectivity index (χ1n) is 4.60. The first-order chi connectivity index (χ1) is 6.61. The summed E-state index contributed by atoms with van der Waals surface area (Å²) in [5.41, 5.74) is 0. The van der Waals surface area contributed by atoms with E-state index in [4.69, 9.17) is 9.47 Å². The smallest absolute Gasteiger partial charge is 0.317 e. The zero-order valence-corrected chi connectivity index (χ0v) is 9.81. The normalized spacial score (nSPS) is 21.6. The highest BCUT2D eigenvalue weighted by Gasteiger charge is 2.34. The van der Waals surface area contributed by atoms with Crippen molar-refractivity contribution in [3.05, 3.63) is 10.7 Å². The highest BCUT2D eigenvalue weighted by molar-refractivity contribution is 8.03. The summed E-state index contributed by atoms with van der Waals surface area (Å²) >= 11 is 1.69. The number of carbonyl (C=O) groups excluding carboxylic acids is 1. The van der Waals surface area contributed by atoms with E-state index in [2.05, 4.69) is 13.8 Å². The molecule has 0 saturated heterocycles. The van der Waals surface area contributed by atoms with Gasteiger partial charge in [0.15, 0.2) is 0 Å². The number of rotatable bonds is 3. The minimum Gasteiger partial charge on any atom is -0.499 e. The molecule has 0 saturated carbocycles. The Morgan fingerprint density at radius 1 is 1.50 bits per heavy atom. The molecule has 0 aliphatic carbocycles. The van der Waals surface area contributed by atoms with Gasteiger partial charge in [-0.1, -0.05) is 13.8 Å². The van der Waals surface area contributed by atoms with Gasteiger partial charge >= 0.3 is 5.97 Å². The van der Waals surface area contributed by atoms with E-state index in [1.54, 1.807) is 18.9 Å². The van der Waals surface area contributed by atoms with E-state index in [9.17, 15) is 4.79 Å². The first-order valence-corrected chi connectivity index (χ1v) is 5.59. The third-order valence-electron chi connectivity index (χ3n) is 2.19. The highest BCUT2D eigenvalue weighted by Crippen LogP contribution is 2.40. The molecular formula is C10H16O3S. The SMILES string of the molecule is COC(=O)C1CSC(C(C)C)=C1OC. The van der Waals surface area contributed by atoms with Gasteiger partial charge in [-0.15, -0.1) is 11.8 Å². The Morgan fingerprint density at radius 2 is 2.14 bits per heavy atom. The van der Waals surface area contributed by atoms with Crippen LogP contribution in [0.25, 0.3) is 0 Å². The summed E-state index contributed by atoms with van der Waals surface area (Å²) in [7, 11) is 3.02. The molecule has 1 rings (SSSR count). The average Bonchev–Trinajstić information content (AvgIpc) is 2.59. The van der Waals surface area contributed by atoms with Crippen LogP contribution in [-0.4, -0.2) is 25.9 Å². The largest absolute Gasteiger partial charge is 0.499 e. The summed E-state index contributed by atoms with van der Waals surface area (Å²) in [6.07, 6.45) is 0. The number of hydrogen-bond donors (Lipinski definition) is 0. The Balaban J connectivity index is 2.88. The number of carbonyl (C=O) groups is 1. The molecule has 1 heterocycles. The topological polar surface area (TPSA) is 35.5 Å². The highest BCUT2D eigenvalue weighted by atomic mass is 32.2. The zero-order valence-electron chi connectivity index (χ0n) is 8.99. The maximum atomic E-state index is 11.4. The summed E-state index contributed by atoms with van der Waals surface area (Å²) < 4.78 is 10.0. The maximum absolute atomic E-state index is 11.4. The molecule has 0 fully saturated rings. The molecule has 4 heteroatoms. The maximum Gasteiger partial charge on any atom is 0.317 e. The minimum absolute atomic E-state index is 0.204. The van der Waals surface area contributed by atoms with Crippen LogP contribution in [0.2, 0.25) is 0 Å². The lowest BCUT2D eigenvalue weighted by molar-refractivity contribution is -0.144. The van der Waals surface area contributed by atoms with Gasteiger partial charge in [-0.25, -0.2) is 0 Å². The van der Waals surface area contributed by atoms with Gasteiger partial charge in [0, 0.05) is 10.7 Å². The van der Waals surface area contributed by atoms with E-state index in [1.807, 2.05) is 0 Å². The van der Waals surface area contributed by atoms with E-state index in [-0.39, 0.29) is 11.9 Å². The second-order valence-electron chi connectivity index (χ2n) is 3.47. The van der Waals surface area contributed by atoms with E-state index in [1.165, 1.54) is 12.0 Å². The van der Waals surface area contributed by atoms with Gasteiger partial charge in [0.2, 0.25) is 0 Å². The van der Waals surface area contributed by atoms with Crippen molar-refractivity contribution in [2.45, 2.75) is 13.8 Å². The predicted molar refractivity (Wildman–Crippen MR) is 56.8 cm³/mol. The third-order valence-corrected chi connectivity index (χ3v) is 3.68. The molecule has 80 valence electrons. The summed E-state index contributed by atoms with van der Waals surface area (Å²) in [6, 6.07) is 0. The summed E-state index contributed by atoms with van der Waals surface area (Å²) in [6.45, 7) is 4.20. The third kappa shape index (κ3) is 2.05. The molecule has 0 aromatic heterocycles. The van der Waals surface area contributed by atoms with Crippen molar-refractivity contribution in [1.29, 1.82) is 0 Å². The number of hydrogen-bond acceptors (Lipinski definition) is 4. The van der Waals surface area contributed by atoms with Crippen molar-refractivity contribution in [3.63, 3.8) is 0 Å². The molecule has 0 aromatic carbocycles. The van der Waals surface area contributed by atoms with Crippen LogP contribution in [0.5, 0.6) is 0 Å². The molecule has 0 bridgehead atoms. The molecule has 1 unspecified atom stereocenters. The van der Waals surface area contributed by atoms with Gasteiger partial charge in [-0.2, -0.15) is 0 Å². The van der Waals surface area contributed by atoms with Crippen LogP contribution >= 0.6 is 11.8 Å². The van der Waals surface area contributed by atoms with Gasteiger partial charge in [-0.05, 0) is 5.92 Å². The number of methoxy groups -OCH3 is 2. The van der Waals surface area contributed by atoms with Crippen LogP contribution < -0.4 is 0 Å². The molecule has 0 aromatic rings. The van der Waals surface area contributed by atoms with Gasteiger partial charge in [-0.3, -0.25) is 4.79 Å². The Kier molecular flexibility index (Phi) is 3.86. The van der Waals surface area contributed by atoms with E-state index in [0.717, 1.165) is 11.5 Å². The Labute approximate surface area is 88.8 Å². The Hall–Kier alpha value is -0.640. The number of ether oxygens (including phenoxy) is 2. The predicted octanol–water partition coefficient (Wildman–Crippen LogP) is 2.04. The van der Waals surface area contributed by atoms with Crippen molar-refractivity contribution in [3.8, 4) is 0 Å². The molecular weight excluding hydrogens is 200 g/mol. The van der Waals surface area contributed by atoms with E-state index < -0.39 is 0 Å². The minimum atomic E-state index is -0.215. The van der Waals surface area contributed by atoms with Crippen LogP contribution in [0.3, 0.4) is 0 Å². The van der Waals surface area contributed by atoms with Crippen LogP contribution in [-0.2, 0) is 14.3 Å². The number of allylic oxidation sites excluding steroid dienone is 1. The van der Waals surface area contributed by atoms with Gasteiger partial charge < -0.3 is 9.47 Å². The number of thioether (sulfide) groups is 1. The van der Waals surface area contributed by atoms with Crippen LogP contribution in [0.1, 0.15) is 13.8 Å². The fourth-order valence-corrected chi connectivity index (χ4v) is 2.84. The van der Waals surface area contributed by atoms with Gasteiger partial charge in [0.25, 0.3) is 0 Å². The molecule has 0 amide bonds. The molecule has 0 radical (unpaired) electrons. The summed E-state index contributed by atoms with van der Waals surface area (Å²) in [5.74, 6) is 1.52. The molecule has 14 heavy (non-hydrogen) atoms. The standard InChI is InChI=1S/C10H16O3S/c1-6(2)9-8(12-3)7(5-14-9)10(11)13-4/h6-7H,5H2,1-4H3. The molecule has 1 aliphatic rings.